The summed E-state index contributed by atoms with van der Waals surface area (Å²) in [5.74, 6) is 2.62. The van der Waals surface area contributed by atoms with Gasteiger partial charge in [-0.05, 0) is 68.6 Å². The Morgan fingerprint density at radius 1 is 1.10 bits per heavy atom. The van der Waals surface area contributed by atoms with E-state index in [0.717, 1.165) is 17.8 Å². The molecule has 1 atom stereocenters. The highest BCUT2D eigenvalue weighted by molar-refractivity contribution is 5.70. The molecule has 21 heavy (non-hydrogen) atoms. The van der Waals surface area contributed by atoms with Crippen molar-refractivity contribution in [1.82, 2.24) is 0 Å². The van der Waals surface area contributed by atoms with Gasteiger partial charge in [0.05, 0.1) is 13.0 Å². The van der Waals surface area contributed by atoms with Crippen LogP contribution in [0.4, 0.5) is 0 Å². The fourth-order valence-electron chi connectivity index (χ4n) is 5.30. The van der Waals surface area contributed by atoms with Gasteiger partial charge in [0, 0.05) is 7.11 Å². The van der Waals surface area contributed by atoms with E-state index in [-0.39, 0.29) is 17.7 Å². The lowest BCUT2D eigenvalue weighted by molar-refractivity contribution is -0.159. The van der Waals surface area contributed by atoms with Crippen molar-refractivity contribution in [2.45, 2.75) is 58.2 Å². The highest BCUT2D eigenvalue weighted by Gasteiger charge is 2.51. The van der Waals surface area contributed by atoms with E-state index in [1.807, 2.05) is 6.92 Å². The number of methoxy groups -OCH3 is 1. The Morgan fingerprint density at radius 2 is 1.67 bits per heavy atom. The molecule has 4 heteroatoms. The molecular formula is C17H28O4. The van der Waals surface area contributed by atoms with E-state index >= 15 is 0 Å². The number of rotatable bonds is 7. The van der Waals surface area contributed by atoms with Crippen LogP contribution in [0.2, 0.25) is 0 Å². The number of hydrogen-bond acceptors (Lipinski definition) is 4. The number of carbonyl (C=O) groups excluding carboxylic acids is 1. The van der Waals surface area contributed by atoms with Gasteiger partial charge in [-0.15, -0.1) is 0 Å². The lowest BCUT2D eigenvalue weighted by Gasteiger charge is -2.56. The fraction of sp³-hybridized carbons (Fsp3) is 0.941. The topological polar surface area (TPSA) is 44.8 Å². The summed E-state index contributed by atoms with van der Waals surface area (Å²) in [7, 11) is 1.60. The van der Waals surface area contributed by atoms with E-state index in [1.165, 1.54) is 38.5 Å². The average molecular weight is 296 g/mol. The van der Waals surface area contributed by atoms with Crippen LogP contribution in [0.5, 0.6) is 0 Å². The van der Waals surface area contributed by atoms with Gasteiger partial charge in [0.25, 0.3) is 0 Å². The Labute approximate surface area is 127 Å². The molecule has 0 aromatic heterocycles. The second kappa shape index (κ2) is 6.25. The number of esters is 1. The van der Waals surface area contributed by atoms with E-state index in [0.29, 0.717) is 19.6 Å². The first kappa shape index (κ1) is 15.3. The molecule has 4 aliphatic carbocycles. The SMILES string of the molecule is COC(C)OCCOC(=O)CC12CC3CC(CC(C3)C1)C2. The Morgan fingerprint density at radius 3 is 2.19 bits per heavy atom. The zero-order valence-electron chi connectivity index (χ0n) is 13.3. The normalized spacial score (nSPS) is 38.5. The van der Waals surface area contributed by atoms with Crippen molar-refractivity contribution >= 4 is 5.97 Å². The van der Waals surface area contributed by atoms with Crippen LogP contribution in [-0.4, -0.2) is 32.6 Å². The zero-order chi connectivity index (χ0) is 14.9. The van der Waals surface area contributed by atoms with Crippen molar-refractivity contribution in [2.24, 2.45) is 23.2 Å². The molecule has 4 bridgehead atoms. The third kappa shape index (κ3) is 3.59. The summed E-state index contributed by atoms with van der Waals surface area (Å²) in [5.41, 5.74) is 0.270. The van der Waals surface area contributed by atoms with Gasteiger partial charge in [0.15, 0.2) is 6.29 Å². The van der Waals surface area contributed by atoms with Gasteiger partial charge in [-0.25, -0.2) is 0 Å². The van der Waals surface area contributed by atoms with Gasteiger partial charge < -0.3 is 14.2 Å². The highest BCUT2D eigenvalue weighted by Crippen LogP contribution is 2.61. The molecule has 0 aromatic carbocycles. The van der Waals surface area contributed by atoms with Gasteiger partial charge in [-0.3, -0.25) is 4.79 Å². The first-order valence-electron chi connectivity index (χ1n) is 8.38. The first-order valence-corrected chi connectivity index (χ1v) is 8.38. The molecule has 0 N–H and O–H groups in total. The maximum absolute atomic E-state index is 12.1. The smallest absolute Gasteiger partial charge is 0.306 e. The van der Waals surface area contributed by atoms with Crippen molar-refractivity contribution in [2.75, 3.05) is 20.3 Å². The van der Waals surface area contributed by atoms with Crippen LogP contribution in [0, 0.1) is 23.2 Å². The van der Waals surface area contributed by atoms with Crippen LogP contribution >= 0.6 is 0 Å². The molecule has 120 valence electrons. The van der Waals surface area contributed by atoms with Gasteiger partial charge >= 0.3 is 5.97 Å². The summed E-state index contributed by atoms with van der Waals surface area (Å²) in [6.45, 7) is 2.57. The van der Waals surface area contributed by atoms with Gasteiger partial charge in [0.2, 0.25) is 0 Å². The Hall–Kier alpha value is -0.610. The van der Waals surface area contributed by atoms with Crippen molar-refractivity contribution in [3.63, 3.8) is 0 Å². The molecule has 0 heterocycles. The van der Waals surface area contributed by atoms with Gasteiger partial charge in [0.1, 0.15) is 6.61 Å². The number of hydrogen-bond donors (Lipinski definition) is 0. The van der Waals surface area contributed by atoms with Gasteiger partial charge in [-0.1, -0.05) is 0 Å². The van der Waals surface area contributed by atoms with Crippen molar-refractivity contribution < 1.29 is 19.0 Å². The largest absolute Gasteiger partial charge is 0.463 e. The Balaban J connectivity index is 1.43. The zero-order valence-corrected chi connectivity index (χ0v) is 13.3. The number of ether oxygens (including phenoxy) is 3. The predicted octanol–water partition coefficient (Wildman–Crippen LogP) is 3.15. The molecular weight excluding hydrogens is 268 g/mol. The van der Waals surface area contributed by atoms with Crippen LogP contribution in [0.3, 0.4) is 0 Å². The summed E-state index contributed by atoms with van der Waals surface area (Å²) in [5, 5.41) is 0. The molecule has 0 radical (unpaired) electrons. The molecule has 0 amide bonds. The van der Waals surface area contributed by atoms with Crippen molar-refractivity contribution in [1.29, 1.82) is 0 Å². The molecule has 4 fully saturated rings. The van der Waals surface area contributed by atoms with E-state index in [1.54, 1.807) is 7.11 Å². The maximum atomic E-state index is 12.1. The van der Waals surface area contributed by atoms with Crippen LogP contribution < -0.4 is 0 Å². The third-order valence-corrected chi connectivity index (χ3v) is 5.72. The predicted molar refractivity (Wildman–Crippen MR) is 78.6 cm³/mol. The quantitative estimate of drug-likeness (QED) is 0.411. The minimum absolute atomic E-state index is 0.0365. The first-order chi connectivity index (χ1) is 10.1. The summed E-state index contributed by atoms with van der Waals surface area (Å²) in [6.07, 6.45) is 8.38. The van der Waals surface area contributed by atoms with E-state index < -0.39 is 0 Å². The molecule has 4 rings (SSSR count). The second-order valence-electron chi connectivity index (χ2n) is 7.49. The monoisotopic (exact) mass is 296 g/mol. The molecule has 4 aliphatic rings. The summed E-state index contributed by atoms with van der Waals surface area (Å²) < 4.78 is 15.7. The van der Waals surface area contributed by atoms with Crippen LogP contribution in [0.1, 0.15) is 51.9 Å². The minimum Gasteiger partial charge on any atom is -0.463 e. The average Bonchev–Trinajstić information content (AvgIpc) is 2.41. The fourth-order valence-corrected chi connectivity index (χ4v) is 5.30. The molecule has 4 saturated carbocycles. The second-order valence-corrected chi connectivity index (χ2v) is 7.49. The maximum Gasteiger partial charge on any atom is 0.306 e. The summed E-state index contributed by atoms with van der Waals surface area (Å²) >= 11 is 0. The molecule has 0 saturated heterocycles. The van der Waals surface area contributed by atoms with Crippen LogP contribution in [0.15, 0.2) is 0 Å². The lowest BCUT2D eigenvalue weighted by Crippen LogP contribution is -2.47. The summed E-state index contributed by atoms with van der Waals surface area (Å²) in [4.78, 5) is 12.1. The third-order valence-electron chi connectivity index (χ3n) is 5.72. The number of carbonyl (C=O) groups is 1. The van der Waals surface area contributed by atoms with Crippen LogP contribution in [-0.2, 0) is 19.0 Å². The van der Waals surface area contributed by atoms with Crippen molar-refractivity contribution in [3.8, 4) is 0 Å². The summed E-state index contributed by atoms with van der Waals surface area (Å²) in [6, 6.07) is 0. The molecule has 0 spiro atoms. The van der Waals surface area contributed by atoms with Gasteiger partial charge in [-0.2, -0.15) is 0 Å². The van der Waals surface area contributed by atoms with Crippen LogP contribution in [0.25, 0.3) is 0 Å². The molecule has 0 aliphatic heterocycles. The molecule has 0 aromatic rings. The minimum atomic E-state index is -0.244. The highest BCUT2D eigenvalue weighted by atomic mass is 16.7. The molecule has 4 nitrogen and oxygen atoms in total. The van der Waals surface area contributed by atoms with Crippen molar-refractivity contribution in [3.05, 3.63) is 0 Å². The lowest BCUT2D eigenvalue weighted by atomic mass is 9.49. The van der Waals surface area contributed by atoms with E-state index in [9.17, 15) is 4.79 Å². The van der Waals surface area contributed by atoms with E-state index in [2.05, 4.69) is 0 Å². The Bertz CT molecular complexity index is 344. The molecule has 1 unspecified atom stereocenters. The standard InChI is InChI=1S/C17H28O4/c1-12(19-2)20-3-4-21-16(18)11-17-8-13-5-14(9-17)7-15(6-13)10-17/h12-15H,3-11H2,1-2H3. The Kier molecular flexibility index (Phi) is 4.55. The van der Waals surface area contributed by atoms with E-state index in [4.69, 9.17) is 14.2 Å².